The van der Waals surface area contributed by atoms with Crippen molar-refractivity contribution in [3.05, 3.63) is 83.1 Å². The molecule has 8 heteroatoms. The molecule has 0 saturated heterocycles. The molecule has 0 saturated carbocycles. The first-order valence-corrected chi connectivity index (χ1v) is 9.86. The molecule has 2 aromatic carbocycles. The van der Waals surface area contributed by atoms with Crippen molar-refractivity contribution in [1.82, 2.24) is 5.01 Å². The van der Waals surface area contributed by atoms with E-state index in [1.807, 2.05) is 0 Å². The zero-order chi connectivity index (χ0) is 23.7. The lowest BCUT2D eigenvalue weighted by Crippen LogP contribution is -2.55. The van der Waals surface area contributed by atoms with E-state index in [-0.39, 0.29) is 5.71 Å². The number of amides is 1. The molecule has 1 aliphatic rings. The molecule has 3 rings (SSSR count). The van der Waals surface area contributed by atoms with Crippen molar-refractivity contribution >= 4 is 23.4 Å². The number of aliphatic hydroxyl groups is 2. The Balaban J connectivity index is 2.27. The first-order chi connectivity index (χ1) is 15.0. The molecule has 1 unspecified atom stereocenters. The molecule has 0 fully saturated rings. The van der Waals surface area contributed by atoms with Gasteiger partial charge in [0.25, 0.3) is 5.72 Å². The molecule has 1 amide bonds. The minimum Gasteiger partial charge on any atom is -0.503 e. The second kappa shape index (κ2) is 8.39. The van der Waals surface area contributed by atoms with E-state index < -0.39 is 40.1 Å². The summed E-state index contributed by atoms with van der Waals surface area (Å²) in [6.45, 7) is 4.59. The lowest BCUT2D eigenvalue weighted by Gasteiger charge is -2.31. The van der Waals surface area contributed by atoms with Crippen molar-refractivity contribution in [1.29, 1.82) is 0 Å². The van der Waals surface area contributed by atoms with Gasteiger partial charge in [0.2, 0.25) is 0 Å². The molecular weight excluding hydrogens is 412 g/mol. The van der Waals surface area contributed by atoms with Crippen LogP contribution in [0.5, 0.6) is 0 Å². The molecule has 0 aliphatic carbocycles. The third-order valence-electron chi connectivity index (χ3n) is 4.96. The van der Waals surface area contributed by atoms with Gasteiger partial charge >= 0.3 is 11.9 Å². The van der Waals surface area contributed by atoms with Gasteiger partial charge in [-0.3, -0.25) is 9.59 Å². The van der Waals surface area contributed by atoms with Gasteiger partial charge in [0.1, 0.15) is 5.57 Å². The first-order valence-electron chi connectivity index (χ1n) is 9.86. The molecule has 0 spiro atoms. The Morgan fingerprint density at radius 1 is 0.969 bits per heavy atom. The van der Waals surface area contributed by atoms with Gasteiger partial charge in [0, 0.05) is 16.5 Å². The molecule has 0 radical (unpaired) electrons. The fourth-order valence-corrected chi connectivity index (χ4v) is 3.29. The quantitative estimate of drug-likeness (QED) is 0.550. The number of aliphatic hydroxyl groups excluding tert-OH is 1. The van der Waals surface area contributed by atoms with Gasteiger partial charge in [0.05, 0.1) is 12.8 Å². The summed E-state index contributed by atoms with van der Waals surface area (Å²) < 4.78 is 4.70. The van der Waals surface area contributed by atoms with Crippen LogP contribution in [0.25, 0.3) is 0 Å². The summed E-state index contributed by atoms with van der Waals surface area (Å²) in [6, 6.07) is 17.6. The van der Waals surface area contributed by atoms with Crippen LogP contribution in [0.2, 0.25) is 0 Å². The number of esters is 1. The number of hydrazone groups is 1. The SMILES string of the molecule is COC(=O)C1(O)C(C(=O)C(C)(C)C)=C(O)C(=O)N1N=C(c1ccccc1)c1ccccc1. The largest absolute Gasteiger partial charge is 0.503 e. The fraction of sp³-hybridized carbons (Fsp3) is 0.250. The number of rotatable bonds is 5. The third kappa shape index (κ3) is 3.80. The van der Waals surface area contributed by atoms with Crippen molar-refractivity contribution in [2.45, 2.75) is 26.5 Å². The number of hydrogen-bond acceptors (Lipinski definition) is 7. The summed E-state index contributed by atoms with van der Waals surface area (Å²) in [7, 11) is 0.997. The predicted molar refractivity (Wildman–Crippen MR) is 116 cm³/mol. The lowest BCUT2D eigenvalue weighted by molar-refractivity contribution is -0.180. The molecule has 0 bridgehead atoms. The number of Topliss-reactive ketones (excluding diaryl/α,β-unsaturated/α-hetero) is 1. The highest BCUT2D eigenvalue weighted by Gasteiger charge is 2.62. The van der Waals surface area contributed by atoms with E-state index in [0.717, 1.165) is 7.11 Å². The molecule has 166 valence electrons. The summed E-state index contributed by atoms with van der Waals surface area (Å²) in [5, 5.41) is 26.6. The molecule has 2 aromatic rings. The molecule has 8 nitrogen and oxygen atoms in total. The topological polar surface area (TPSA) is 116 Å². The molecule has 1 atom stereocenters. The van der Waals surface area contributed by atoms with Crippen molar-refractivity contribution in [2.75, 3.05) is 7.11 Å². The molecular formula is C24H24N2O6. The van der Waals surface area contributed by atoms with E-state index in [9.17, 15) is 24.6 Å². The number of ether oxygens (including phenoxy) is 1. The van der Waals surface area contributed by atoms with Gasteiger partial charge in [-0.1, -0.05) is 81.4 Å². The third-order valence-corrected chi connectivity index (χ3v) is 4.96. The Morgan fingerprint density at radius 3 is 1.84 bits per heavy atom. The van der Waals surface area contributed by atoms with E-state index in [0.29, 0.717) is 16.1 Å². The van der Waals surface area contributed by atoms with Crippen LogP contribution in [-0.2, 0) is 19.1 Å². The molecule has 1 aliphatic heterocycles. The van der Waals surface area contributed by atoms with Crippen LogP contribution in [0.3, 0.4) is 0 Å². The summed E-state index contributed by atoms with van der Waals surface area (Å²) in [4.78, 5) is 38.7. The van der Waals surface area contributed by atoms with Crippen LogP contribution in [0.4, 0.5) is 0 Å². The second-order valence-corrected chi connectivity index (χ2v) is 8.26. The summed E-state index contributed by atoms with van der Waals surface area (Å²) in [5.41, 5.74) is -3.44. The number of nitrogens with zero attached hydrogens (tertiary/aromatic N) is 2. The Morgan fingerprint density at radius 2 is 1.44 bits per heavy atom. The monoisotopic (exact) mass is 436 g/mol. The minimum absolute atomic E-state index is 0.235. The van der Waals surface area contributed by atoms with Crippen LogP contribution in [0.15, 0.2) is 77.1 Å². The normalized spacial score (nSPS) is 18.5. The van der Waals surface area contributed by atoms with Crippen molar-refractivity contribution in [3.63, 3.8) is 0 Å². The van der Waals surface area contributed by atoms with E-state index in [1.165, 1.54) is 20.8 Å². The molecule has 0 aromatic heterocycles. The van der Waals surface area contributed by atoms with Crippen molar-refractivity contribution in [2.24, 2.45) is 10.5 Å². The minimum atomic E-state index is -2.94. The Labute approximate surface area is 185 Å². The molecule has 1 heterocycles. The van der Waals surface area contributed by atoms with Crippen LogP contribution >= 0.6 is 0 Å². The molecule has 2 N–H and O–H groups in total. The Bertz CT molecular complexity index is 1070. The van der Waals surface area contributed by atoms with Gasteiger partial charge in [0.15, 0.2) is 11.5 Å². The van der Waals surface area contributed by atoms with E-state index in [1.54, 1.807) is 60.7 Å². The summed E-state index contributed by atoms with van der Waals surface area (Å²) in [5.74, 6) is -4.38. The fourth-order valence-electron chi connectivity index (χ4n) is 3.29. The highest BCUT2D eigenvalue weighted by molar-refractivity contribution is 6.18. The summed E-state index contributed by atoms with van der Waals surface area (Å²) in [6.07, 6.45) is 0. The Hall–Kier alpha value is -3.78. The smallest absolute Gasteiger partial charge is 0.366 e. The van der Waals surface area contributed by atoms with Crippen LogP contribution in [0, 0.1) is 5.41 Å². The van der Waals surface area contributed by atoms with Crippen molar-refractivity contribution < 1.29 is 29.3 Å². The average molecular weight is 436 g/mol. The van der Waals surface area contributed by atoms with Crippen LogP contribution in [-0.4, -0.2) is 51.4 Å². The number of methoxy groups -OCH3 is 1. The molecule has 32 heavy (non-hydrogen) atoms. The predicted octanol–water partition coefficient (Wildman–Crippen LogP) is 2.57. The maximum atomic E-state index is 13.0. The number of carbonyl (C=O) groups excluding carboxylic acids is 3. The van der Waals surface area contributed by atoms with Gasteiger partial charge < -0.3 is 14.9 Å². The van der Waals surface area contributed by atoms with Gasteiger partial charge in [-0.25, -0.2) is 4.79 Å². The van der Waals surface area contributed by atoms with Crippen LogP contribution < -0.4 is 0 Å². The average Bonchev–Trinajstić information content (AvgIpc) is 2.97. The standard InChI is InChI=1S/C24H24N2O6/c1-23(2,3)20(28)17-19(27)21(29)26(24(17,31)22(30)32-4)25-18(15-11-7-5-8-12-15)16-13-9-6-10-14-16/h5-14,27,31H,1-4H3. The van der Waals surface area contributed by atoms with Gasteiger partial charge in [-0.15, -0.1) is 0 Å². The van der Waals surface area contributed by atoms with Gasteiger partial charge in [-0.2, -0.15) is 10.1 Å². The van der Waals surface area contributed by atoms with E-state index in [2.05, 4.69) is 5.10 Å². The summed E-state index contributed by atoms with van der Waals surface area (Å²) >= 11 is 0. The zero-order valence-electron chi connectivity index (χ0n) is 18.2. The Kier molecular flexibility index (Phi) is 6.00. The maximum Gasteiger partial charge on any atom is 0.366 e. The highest BCUT2D eigenvalue weighted by Crippen LogP contribution is 2.39. The highest BCUT2D eigenvalue weighted by atomic mass is 16.5. The lowest BCUT2D eigenvalue weighted by atomic mass is 9.82. The second-order valence-electron chi connectivity index (χ2n) is 8.26. The number of carbonyl (C=O) groups is 3. The van der Waals surface area contributed by atoms with Crippen LogP contribution in [0.1, 0.15) is 31.9 Å². The van der Waals surface area contributed by atoms with Crippen molar-refractivity contribution in [3.8, 4) is 0 Å². The maximum absolute atomic E-state index is 13.0. The van der Waals surface area contributed by atoms with E-state index >= 15 is 0 Å². The zero-order valence-corrected chi connectivity index (χ0v) is 18.2. The van der Waals surface area contributed by atoms with Gasteiger partial charge in [-0.05, 0) is 0 Å². The number of benzene rings is 2. The number of ketones is 1. The number of hydrogen-bond donors (Lipinski definition) is 2. The van der Waals surface area contributed by atoms with E-state index in [4.69, 9.17) is 4.74 Å². The first kappa shape index (κ1) is 22.9.